The average Bonchev–Trinajstić information content (AvgIpc) is 2.68. The number of sulfone groups is 1. The van der Waals surface area contributed by atoms with Crippen LogP contribution in [0.1, 0.15) is 12.0 Å². The Kier molecular flexibility index (Phi) is 4.09. The van der Waals surface area contributed by atoms with Gasteiger partial charge in [0.1, 0.15) is 0 Å². The van der Waals surface area contributed by atoms with Crippen LogP contribution in [0.25, 0.3) is 0 Å². The van der Waals surface area contributed by atoms with Gasteiger partial charge in [0.25, 0.3) is 0 Å². The largest absolute Gasteiger partial charge is 0.370 e. The van der Waals surface area contributed by atoms with E-state index in [2.05, 4.69) is 0 Å². The minimum atomic E-state index is -2.89. The maximum Gasteiger partial charge on any atom is 0.152 e. The van der Waals surface area contributed by atoms with E-state index in [1.165, 1.54) is 0 Å². The molecule has 0 bridgehead atoms. The van der Waals surface area contributed by atoms with Gasteiger partial charge >= 0.3 is 0 Å². The Morgan fingerprint density at radius 1 is 1.44 bits per heavy atom. The third kappa shape index (κ3) is 2.92. The minimum Gasteiger partial charge on any atom is -0.370 e. The van der Waals surface area contributed by atoms with E-state index in [9.17, 15) is 8.42 Å². The lowest BCUT2D eigenvalue weighted by molar-refractivity contribution is 0.601. The summed E-state index contributed by atoms with van der Waals surface area (Å²) in [7, 11) is -0.990. The standard InChI is InChI=1S/C12H15Cl2NO2S/c1-15(11-4-5-18(16,17)8-11)12-6-10(14)3-2-9(12)7-13/h2-3,6,11H,4-5,7-8H2,1H3. The molecule has 1 atom stereocenters. The Labute approximate surface area is 118 Å². The van der Waals surface area contributed by atoms with Crippen molar-refractivity contribution in [3.63, 3.8) is 0 Å². The van der Waals surface area contributed by atoms with Crippen molar-refractivity contribution >= 4 is 38.7 Å². The molecule has 3 nitrogen and oxygen atoms in total. The molecule has 1 aliphatic heterocycles. The molecule has 1 aromatic carbocycles. The molecule has 1 aliphatic rings. The Hall–Kier alpha value is -0.450. The maximum atomic E-state index is 11.5. The van der Waals surface area contributed by atoms with E-state index in [1.807, 2.05) is 24.1 Å². The van der Waals surface area contributed by atoms with E-state index in [1.54, 1.807) is 6.07 Å². The zero-order valence-corrected chi connectivity index (χ0v) is 12.4. The highest BCUT2D eigenvalue weighted by atomic mass is 35.5. The molecule has 1 fully saturated rings. The molecule has 0 amide bonds. The summed E-state index contributed by atoms with van der Waals surface area (Å²) in [5.41, 5.74) is 1.88. The average molecular weight is 308 g/mol. The van der Waals surface area contributed by atoms with Crippen molar-refractivity contribution in [3.8, 4) is 0 Å². The highest BCUT2D eigenvalue weighted by Crippen LogP contribution is 2.29. The van der Waals surface area contributed by atoms with Crippen LogP contribution in [0.3, 0.4) is 0 Å². The van der Waals surface area contributed by atoms with Crippen LogP contribution in [-0.2, 0) is 15.7 Å². The van der Waals surface area contributed by atoms with E-state index in [4.69, 9.17) is 23.2 Å². The van der Waals surface area contributed by atoms with Gasteiger partial charge in [0.05, 0.1) is 11.5 Å². The van der Waals surface area contributed by atoms with Gasteiger partial charge in [-0.3, -0.25) is 0 Å². The summed E-state index contributed by atoms with van der Waals surface area (Å²) in [5.74, 6) is 0.854. The highest BCUT2D eigenvalue weighted by Gasteiger charge is 2.31. The Bertz CT molecular complexity index is 545. The fourth-order valence-corrected chi connectivity index (χ4v) is 4.42. The summed E-state index contributed by atoms with van der Waals surface area (Å²) >= 11 is 11.9. The van der Waals surface area contributed by atoms with Crippen molar-refractivity contribution in [2.45, 2.75) is 18.3 Å². The van der Waals surface area contributed by atoms with E-state index in [-0.39, 0.29) is 17.5 Å². The van der Waals surface area contributed by atoms with Gasteiger partial charge in [-0.15, -0.1) is 11.6 Å². The molecule has 0 N–H and O–H groups in total. The molecule has 1 saturated heterocycles. The van der Waals surface area contributed by atoms with Gasteiger partial charge in [-0.2, -0.15) is 0 Å². The van der Waals surface area contributed by atoms with Gasteiger partial charge in [-0.25, -0.2) is 8.42 Å². The van der Waals surface area contributed by atoms with Gasteiger partial charge in [-0.05, 0) is 24.1 Å². The zero-order chi connectivity index (χ0) is 13.3. The fourth-order valence-electron chi connectivity index (χ4n) is 2.26. The minimum absolute atomic E-state index is 0.00966. The van der Waals surface area contributed by atoms with Crippen LogP contribution >= 0.6 is 23.2 Å². The first kappa shape index (κ1) is 14.0. The molecule has 2 rings (SSSR count). The summed E-state index contributed by atoms with van der Waals surface area (Å²) in [4.78, 5) is 1.98. The molecule has 0 aliphatic carbocycles. The number of halogens is 2. The summed E-state index contributed by atoms with van der Waals surface area (Å²) in [6, 6.07) is 5.52. The normalized spacial score (nSPS) is 22.1. The van der Waals surface area contributed by atoms with E-state index >= 15 is 0 Å². The number of nitrogens with zero attached hydrogens (tertiary/aromatic N) is 1. The van der Waals surface area contributed by atoms with E-state index in [0.717, 1.165) is 11.3 Å². The van der Waals surface area contributed by atoms with E-state index in [0.29, 0.717) is 17.3 Å². The van der Waals surface area contributed by atoms with Gasteiger partial charge < -0.3 is 4.90 Å². The smallest absolute Gasteiger partial charge is 0.152 e. The van der Waals surface area contributed by atoms with Crippen molar-refractivity contribution < 1.29 is 8.42 Å². The van der Waals surface area contributed by atoms with Gasteiger partial charge in [0.2, 0.25) is 0 Å². The molecule has 1 heterocycles. The summed E-state index contributed by atoms with van der Waals surface area (Å²) in [5, 5.41) is 0.631. The Morgan fingerprint density at radius 3 is 2.72 bits per heavy atom. The highest BCUT2D eigenvalue weighted by molar-refractivity contribution is 7.91. The molecule has 1 aromatic rings. The van der Waals surface area contributed by atoms with Gasteiger partial charge in [0.15, 0.2) is 9.84 Å². The van der Waals surface area contributed by atoms with Crippen LogP contribution < -0.4 is 4.90 Å². The molecular weight excluding hydrogens is 293 g/mol. The molecule has 0 saturated carbocycles. The fraction of sp³-hybridized carbons (Fsp3) is 0.500. The number of hydrogen-bond donors (Lipinski definition) is 0. The molecule has 6 heteroatoms. The molecule has 1 unspecified atom stereocenters. The van der Waals surface area contributed by atoms with Crippen LogP contribution in [0, 0.1) is 0 Å². The summed E-state index contributed by atoms with van der Waals surface area (Å²) < 4.78 is 23.0. The monoisotopic (exact) mass is 307 g/mol. The molecule has 100 valence electrons. The first-order chi connectivity index (χ1) is 8.43. The molecule has 0 spiro atoms. The van der Waals surface area contributed by atoms with Crippen LogP contribution in [-0.4, -0.2) is 33.0 Å². The lowest BCUT2D eigenvalue weighted by Gasteiger charge is -2.27. The van der Waals surface area contributed by atoms with Gasteiger partial charge in [0, 0.05) is 29.7 Å². The van der Waals surface area contributed by atoms with Crippen LogP contribution in [0.5, 0.6) is 0 Å². The SMILES string of the molecule is CN(c1cc(Cl)ccc1CCl)C1CCS(=O)(=O)C1. The van der Waals surface area contributed by atoms with Crippen LogP contribution in [0.4, 0.5) is 5.69 Å². The van der Waals surface area contributed by atoms with Crippen molar-refractivity contribution in [2.75, 3.05) is 23.5 Å². The van der Waals surface area contributed by atoms with Crippen molar-refractivity contribution in [3.05, 3.63) is 28.8 Å². The van der Waals surface area contributed by atoms with Crippen molar-refractivity contribution in [1.29, 1.82) is 0 Å². The van der Waals surface area contributed by atoms with Gasteiger partial charge in [-0.1, -0.05) is 17.7 Å². The first-order valence-corrected chi connectivity index (χ1v) is 8.44. The number of benzene rings is 1. The molecular formula is C12H15Cl2NO2S. The third-order valence-electron chi connectivity index (χ3n) is 3.33. The zero-order valence-electron chi connectivity index (χ0n) is 10.1. The second-order valence-corrected chi connectivity index (χ2v) is 7.51. The first-order valence-electron chi connectivity index (χ1n) is 5.70. The maximum absolute atomic E-state index is 11.5. The van der Waals surface area contributed by atoms with E-state index < -0.39 is 9.84 Å². The van der Waals surface area contributed by atoms with Crippen molar-refractivity contribution in [2.24, 2.45) is 0 Å². The number of hydrogen-bond acceptors (Lipinski definition) is 3. The van der Waals surface area contributed by atoms with Crippen LogP contribution in [0.15, 0.2) is 18.2 Å². The topological polar surface area (TPSA) is 37.4 Å². The molecule has 0 radical (unpaired) electrons. The summed E-state index contributed by atoms with van der Waals surface area (Å²) in [6.07, 6.45) is 0.660. The third-order valence-corrected chi connectivity index (χ3v) is 5.60. The molecule has 0 aromatic heterocycles. The predicted octanol–water partition coefficient (Wildman–Crippen LogP) is 2.70. The summed E-state index contributed by atoms with van der Waals surface area (Å²) in [6.45, 7) is 0. The Morgan fingerprint density at radius 2 is 2.17 bits per heavy atom. The molecule has 18 heavy (non-hydrogen) atoms. The second kappa shape index (κ2) is 5.27. The Balaban J connectivity index is 2.28. The lowest BCUT2D eigenvalue weighted by Crippen LogP contribution is -2.33. The predicted molar refractivity (Wildman–Crippen MR) is 76.5 cm³/mol. The van der Waals surface area contributed by atoms with Crippen LogP contribution in [0.2, 0.25) is 5.02 Å². The number of alkyl halides is 1. The second-order valence-electron chi connectivity index (χ2n) is 4.57. The number of anilines is 1. The lowest BCUT2D eigenvalue weighted by atomic mass is 10.1. The number of rotatable bonds is 3. The van der Waals surface area contributed by atoms with Crippen molar-refractivity contribution in [1.82, 2.24) is 0 Å². The quantitative estimate of drug-likeness (QED) is 0.806.